The highest BCUT2D eigenvalue weighted by Crippen LogP contribution is 2.19. The molecule has 126 valence electrons. The number of aryl methyl sites for hydroxylation is 2. The van der Waals surface area contributed by atoms with E-state index in [0.717, 1.165) is 22.8 Å². The Balaban J connectivity index is 1.85. The third-order valence-corrected chi connectivity index (χ3v) is 3.72. The molecule has 0 aromatic heterocycles. The Kier molecular flexibility index (Phi) is 5.93. The standard InChI is InChI=1S/C18H17ClFNO3/c1-11-3-4-13(7-12(11)2)8-18(23)24-10-17(22)21-16-9-14(19)5-6-15(16)20/h3-7,9H,8,10H2,1-2H3,(H,21,22). The summed E-state index contributed by atoms with van der Waals surface area (Å²) < 4.78 is 18.4. The van der Waals surface area contributed by atoms with Gasteiger partial charge in [-0.25, -0.2) is 4.39 Å². The first-order chi connectivity index (χ1) is 11.3. The monoisotopic (exact) mass is 349 g/mol. The first-order valence-electron chi connectivity index (χ1n) is 7.32. The molecule has 0 atom stereocenters. The normalized spacial score (nSPS) is 10.3. The largest absolute Gasteiger partial charge is 0.455 e. The highest BCUT2D eigenvalue weighted by molar-refractivity contribution is 6.30. The Morgan fingerprint density at radius 3 is 2.58 bits per heavy atom. The Labute approximate surface area is 144 Å². The van der Waals surface area contributed by atoms with Gasteiger partial charge in [0, 0.05) is 5.02 Å². The van der Waals surface area contributed by atoms with Crippen molar-refractivity contribution in [2.75, 3.05) is 11.9 Å². The van der Waals surface area contributed by atoms with Crippen LogP contribution in [0.15, 0.2) is 36.4 Å². The van der Waals surface area contributed by atoms with Gasteiger partial charge in [-0.15, -0.1) is 0 Å². The zero-order valence-electron chi connectivity index (χ0n) is 13.4. The number of hydrogen-bond acceptors (Lipinski definition) is 3. The molecule has 0 bridgehead atoms. The van der Waals surface area contributed by atoms with Gasteiger partial charge < -0.3 is 10.1 Å². The molecule has 0 spiro atoms. The number of ether oxygens (including phenoxy) is 1. The van der Waals surface area contributed by atoms with Crippen LogP contribution in [0.4, 0.5) is 10.1 Å². The van der Waals surface area contributed by atoms with E-state index in [-0.39, 0.29) is 12.1 Å². The smallest absolute Gasteiger partial charge is 0.310 e. The molecular formula is C18H17ClFNO3. The Morgan fingerprint density at radius 1 is 1.12 bits per heavy atom. The minimum Gasteiger partial charge on any atom is -0.455 e. The topological polar surface area (TPSA) is 55.4 Å². The highest BCUT2D eigenvalue weighted by atomic mass is 35.5. The van der Waals surface area contributed by atoms with E-state index in [1.165, 1.54) is 12.1 Å². The number of esters is 1. The van der Waals surface area contributed by atoms with Crippen LogP contribution >= 0.6 is 11.6 Å². The van der Waals surface area contributed by atoms with E-state index in [1.54, 1.807) is 0 Å². The molecule has 1 N–H and O–H groups in total. The molecule has 2 aromatic rings. The zero-order chi connectivity index (χ0) is 17.7. The number of carbonyl (C=O) groups excluding carboxylic acids is 2. The van der Waals surface area contributed by atoms with E-state index in [1.807, 2.05) is 32.0 Å². The molecule has 0 unspecified atom stereocenters. The number of anilines is 1. The van der Waals surface area contributed by atoms with Crippen LogP contribution in [-0.4, -0.2) is 18.5 Å². The third kappa shape index (κ3) is 5.06. The second-order valence-corrected chi connectivity index (χ2v) is 5.86. The van der Waals surface area contributed by atoms with Gasteiger partial charge in [0.05, 0.1) is 12.1 Å². The molecule has 0 fully saturated rings. The number of rotatable bonds is 5. The first kappa shape index (κ1) is 17.9. The van der Waals surface area contributed by atoms with Gasteiger partial charge in [0.25, 0.3) is 5.91 Å². The lowest BCUT2D eigenvalue weighted by molar-refractivity contribution is -0.146. The summed E-state index contributed by atoms with van der Waals surface area (Å²) in [6.45, 7) is 3.45. The van der Waals surface area contributed by atoms with Crippen LogP contribution in [0, 0.1) is 19.7 Å². The predicted octanol–water partition coefficient (Wildman–Crippen LogP) is 3.82. The van der Waals surface area contributed by atoms with Crippen LogP contribution in [0.25, 0.3) is 0 Å². The van der Waals surface area contributed by atoms with Crippen LogP contribution in [0.2, 0.25) is 5.02 Å². The Morgan fingerprint density at radius 2 is 1.88 bits per heavy atom. The third-order valence-electron chi connectivity index (χ3n) is 3.49. The molecule has 24 heavy (non-hydrogen) atoms. The van der Waals surface area contributed by atoms with Crippen molar-refractivity contribution in [1.82, 2.24) is 0 Å². The number of hydrogen-bond donors (Lipinski definition) is 1. The maximum Gasteiger partial charge on any atom is 0.310 e. The van der Waals surface area contributed by atoms with Crippen LogP contribution in [0.3, 0.4) is 0 Å². The average Bonchev–Trinajstić information content (AvgIpc) is 2.52. The summed E-state index contributed by atoms with van der Waals surface area (Å²) in [4.78, 5) is 23.5. The van der Waals surface area contributed by atoms with Crippen LogP contribution in [-0.2, 0) is 20.7 Å². The van der Waals surface area contributed by atoms with Gasteiger partial charge >= 0.3 is 5.97 Å². The van der Waals surface area contributed by atoms with E-state index in [2.05, 4.69) is 5.32 Å². The SMILES string of the molecule is Cc1ccc(CC(=O)OCC(=O)Nc2cc(Cl)ccc2F)cc1C. The molecule has 0 saturated carbocycles. The summed E-state index contributed by atoms with van der Waals surface area (Å²) >= 11 is 5.74. The zero-order valence-corrected chi connectivity index (χ0v) is 14.1. The maximum atomic E-state index is 13.5. The number of nitrogens with one attached hydrogen (secondary N) is 1. The fraction of sp³-hybridized carbons (Fsp3) is 0.222. The van der Waals surface area contributed by atoms with Gasteiger partial charge in [-0.2, -0.15) is 0 Å². The summed E-state index contributed by atoms with van der Waals surface area (Å²) in [5.74, 6) is -1.78. The summed E-state index contributed by atoms with van der Waals surface area (Å²) in [6, 6.07) is 9.46. The van der Waals surface area contributed by atoms with E-state index >= 15 is 0 Å². The molecule has 0 aliphatic heterocycles. The lowest BCUT2D eigenvalue weighted by atomic mass is 10.0. The van der Waals surface area contributed by atoms with Gasteiger partial charge in [0.2, 0.25) is 0 Å². The van der Waals surface area contributed by atoms with Crippen molar-refractivity contribution >= 4 is 29.2 Å². The van der Waals surface area contributed by atoms with Crippen LogP contribution in [0.1, 0.15) is 16.7 Å². The van der Waals surface area contributed by atoms with Crippen molar-refractivity contribution < 1.29 is 18.7 Å². The predicted molar refractivity (Wildman–Crippen MR) is 90.6 cm³/mol. The summed E-state index contributed by atoms with van der Waals surface area (Å²) in [7, 11) is 0. The lowest BCUT2D eigenvalue weighted by Crippen LogP contribution is -2.22. The van der Waals surface area contributed by atoms with Gasteiger partial charge in [-0.3, -0.25) is 9.59 Å². The molecule has 0 aliphatic rings. The van der Waals surface area contributed by atoms with Crippen molar-refractivity contribution in [2.45, 2.75) is 20.3 Å². The molecule has 6 heteroatoms. The number of benzene rings is 2. The fourth-order valence-corrected chi connectivity index (χ4v) is 2.23. The molecule has 2 aromatic carbocycles. The average molecular weight is 350 g/mol. The van der Waals surface area contributed by atoms with Crippen molar-refractivity contribution in [3.8, 4) is 0 Å². The maximum absolute atomic E-state index is 13.5. The van der Waals surface area contributed by atoms with Crippen molar-refractivity contribution in [3.63, 3.8) is 0 Å². The fourth-order valence-electron chi connectivity index (χ4n) is 2.06. The van der Waals surface area contributed by atoms with Gasteiger partial charge in [-0.1, -0.05) is 29.8 Å². The van der Waals surface area contributed by atoms with Crippen molar-refractivity contribution in [2.24, 2.45) is 0 Å². The molecule has 0 heterocycles. The van der Waals surface area contributed by atoms with Crippen LogP contribution in [0.5, 0.6) is 0 Å². The molecule has 2 rings (SSSR count). The van der Waals surface area contributed by atoms with E-state index in [4.69, 9.17) is 16.3 Å². The summed E-state index contributed by atoms with van der Waals surface area (Å²) in [5.41, 5.74) is 2.96. The Hall–Kier alpha value is -2.40. The van der Waals surface area contributed by atoms with Gasteiger partial charge in [0.15, 0.2) is 6.61 Å². The molecule has 0 radical (unpaired) electrons. The summed E-state index contributed by atoms with van der Waals surface area (Å²) in [6.07, 6.45) is 0.0694. The van der Waals surface area contributed by atoms with E-state index in [9.17, 15) is 14.0 Å². The molecule has 0 saturated heterocycles. The Bertz CT molecular complexity index is 777. The van der Waals surface area contributed by atoms with Crippen molar-refractivity contribution in [1.29, 1.82) is 0 Å². The summed E-state index contributed by atoms with van der Waals surface area (Å²) in [5, 5.41) is 2.60. The van der Waals surface area contributed by atoms with Crippen molar-refractivity contribution in [3.05, 3.63) is 63.9 Å². The minimum atomic E-state index is -0.635. The molecule has 0 aliphatic carbocycles. The van der Waals surface area contributed by atoms with Gasteiger partial charge in [-0.05, 0) is 48.7 Å². The molecule has 1 amide bonds. The quantitative estimate of drug-likeness (QED) is 0.835. The lowest BCUT2D eigenvalue weighted by Gasteiger charge is -2.08. The number of carbonyl (C=O) groups is 2. The number of halogens is 2. The molecule has 4 nitrogen and oxygen atoms in total. The van der Waals surface area contributed by atoms with Gasteiger partial charge in [0.1, 0.15) is 5.82 Å². The first-order valence-corrected chi connectivity index (χ1v) is 7.69. The second-order valence-electron chi connectivity index (χ2n) is 5.43. The second kappa shape index (κ2) is 7.93. The minimum absolute atomic E-state index is 0.0577. The highest BCUT2D eigenvalue weighted by Gasteiger charge is 2.11. The van der Waals surface area contributed by atoms with E-state index < -0.39 is 24.3 Å². The van der Waals surface area contributed by atoms with E-state index in [0.29, 0.717) is 5.02 Å². The molecular weight excluding hydrogens is 333 g/mol. The number of amides is 1. The van der Waals surface area contributed by atoms with Crippen LogP contribution < -0.4 is 5.32 Å².